The van der Waals surface area contributed by atoms with E-state index < -0.39 is 0 Å². The van der Waals surface area contributed by atoms with E-state index in [9.17, 15) is 0 Å². The summed E-state index contributed by atoms with van der Waals surface area (Å²) in [5, 5.41) is 0.737. The van der Waals surface area contributed by atoms with Crippen molar-refractivity contribution in [3.05, 3.63) is 23.4 Å². The van der Waals surface area contributed by atoms with Crippen molar-refractivity contribution in [2.45, 2.75) is 25.3 Å². The lowest BCUT2D eigenvalue weighted by atomic mass is 10.3. The number of nitrogens with two attached hydrogens (primary N) is 1. The minimum atomic E-state index is 0.629. The van der Waals surface area contributed by atoms with Gasteiger partial charge in [-0.3, -0.25) is 0 Å². The minimum Gasteiger partial charge on any atom is -0.352 e. The van der Waals surface area contributed by atoms with Crippen molar-refractivity contribution in [3.8, 4) is 0 Å². The molecule has 0 amide bonds. The fourth-order valence-corrected chi connectivity index (χ4v) is 1.93. The zero-order chi connectivity index (χ0) is 10.7. The standard InChI is InChI=1S/C11H16ClN3/c12-10-3-1-7-14-11(10)15(8-2-6-13)9-4-5-9/h1,3,7,9H,2,4-6,8,13H2. The molecule has 0 spiro atoms. The second-order valence-electron chi connectivity index (χ2n) is 3.88. The number of pyridine rings is 1. The summed E-state index contributed by atoms with van der Waals surface area (Å²) in [5.41, 5.74) is 5.53. The Labute approximate surface area is 95.2 Å². The van der Waals surface area contributed by atoms with Crippen LogP contribution >= 0.6 is 11.6 Å². The number of aromatic nitrogens is 1. The van der Waals surface area contributed by atoms with Gasteiger partial charge in [-0.05, 0) is 37.9 Å². The molecule has 1 heterocycles. The van der Waals surface area contributed by atoms with E-state index >= 15 is 0 Å². The fraction of sp³-hybridized carbons (Fsp3) is 0.545. The van der Waals surface area contributed by atoms with E-state index in [4.69, 9.17) is 17.3 Å². The first-order valence-corrected chi connectivity index (χ1v) is 5.78. The molecule has 2 N–H and O–H groups in total. The molecular weight excluding hydrogens is 210 g/mol. The van der Waals surface area contributed by atoms with Crippen molar-refractivity contribution < 1.29 is 0 Å². The predicted molar refractivity (Wildman–Crippen MR) is 63.3 cm³/mol. The van der Waals surface area contributed by atoms with Crippen molar-refractivity contribution in [1.82, 2.24) is 4.98 Å². The largest absolute Gasteiger partial charge is 0.352 e. The van der Waals surface area contributed by atoms with Gasteiger partial charge in [-0.15, -0.1) is 0 Å². The van der Waals surface area contributed by atoms with Crippen LogP contribution in [0.1, 0.15) is 19.3 Å². The third-order valence-electron chi connectivity index (χ3n) is 2.60. The zero-order valence-corrected chi connectivity index (χ0v) is 9.45. The second-order valence-corrected chi connectivity index (χ2v) is 4.28. The average Bonchev–Trinajstić information content (AvgIpc) is 3.05. The van der Waals surface area contributed by atoms with Crippen molar-refractivity contribution in [2.75, 3.05) is 18.0 Å². The van der Waals surface area contributed by atoms with Crippen LogP contribution in [0.15, 0.2) is 18.3 Å². The van der Waals surface area contributed by atoms with E-state index in [1.54, 1.807) is 6.20 Å². The molecule has 0 unspecified atom stereocenters. The topological polar surface area (TPSA) is 42.1 Å². The van der Waals surface area contributed by atoms with Gasteiger partial charge in [0.25, 0.3) is 0 Å². The Balaban J connectivity index is 2.13. The first-order valence-electron chi connectivity index (χ1n) is 5.40. The molecule has 1 fully saturated rings. The molecule has 0 saturated heterocycles. The Morgan fingerprint density at radius 3 is 2.93 bits per heavy atom. The van der Waals surface area contributed by atoms with Crippen LogP contribution in [0.4, 0.5) is 5.82 Å². The molecule has 0 aliphatic heterocycles. The number of anilines is 1. The summed E-state index contributed by atoms with van der Waals surface area (Å²) < 4.78 is 0. The molecule has 4 heteroatoms. The monoisotopic (exact) mass is 225 g/mol. The Morgan fingerprint density at radius 1 is 1.53 bits per heavy atom. The van der Waals surface area contributed by atoms with Crippen LogP contribution in [0.25, 0.3) is 0 Å². The van der Waals surface area contributed by atoms with Gasteiger partial charge in [-0.25, -0.2) is 4.98 Å². The van der Waals surface area contributed by atoms with Gasteiger partial charge in [-0.2, -0.15) is 0 Å². The van der Waals surface area contributed by atoms with E-state index in [1.807, 2.05) is 12.1 Å². The van der Waals surface area contributed by atoms with Crippen LogP contribution in [-0.2, 0) is 0 Å². The molecule has 0 radical (unpaired) electrons. The molecule has 1 aromatic rings. The van der Waals surface area contributed by atoms with Gasteiger partial charge in [0.1, 0.15) is 5.82 Å². The first-order chi connectivity index (χ1) is 7.33. The molecular formula is C11H16ClN3. The highest BCUT2D eigenvalue weighted by Gasteiger charge is 2.30. The van der Waals surface area contributed by atoms with Crippen LogP contribution in [-0.4, -0.2) is 24.1 Å². The summed E-state index contributed by atoms with van der Waals surface area (Å²) in [6.45, 7) is 1.67. The lowest BCUT2D eigenvalue weighted by Gasteiger charge is -2.23. The molecule has 1 saturated carbocycles. The van der Waals surface area contributed by atoms with Crippen molar-refractivity contribution in [3.63, 3.8) is 0 Å². The Hall–Kier alpha value is -0.800. The average molecular weight is 226 g/mol. The fourth-order valence-electron chi connectivity index (χ4n) is 1.70. The molecule has 15 heavy (non-hydrogen) atoms. The first kappa shape index (κ1) is 10.7. The summed E-state index contributed by atoms with van der Waals surface area (Å²) >= 11 is 6.13. The summed E-state index contributed by atoms with van der Waals surface area (Å²) in [6, 6.07) is 4.38. The van der Waals surface area contributed by atoms with Gasteiger partial charge >= 0.3 is 0 Å². The lowest BCUT2D eigenvalue weighted by molar-refractivity contribution is 0.723. The number of hydrogen-bond donors (Lipinski definition) is 1. The summed E-state index contributed by atoms with van der Waals surface area (Å²) in [6.07, 6.45) is 5.28. The molecule has 0 aromatic carbocycles. The highest BCUT2D eigenvalue weighted by atomic mass is 35.5. The molecule has 0 atom stereocenters. The van der Waals surface area contributed by atoms with Gasteiger partial charge in [-0.1, -0.05) is 11.6 Å². The van der Waals surface area contributed by atoms with Crippen molar-refractivity contribution in [2.24, 2.45) is 5.73 Å². The van der Waals surface area contributed by atoms with E-state index in [2.05, 4.69) is 9.88 Å². The molecule has 1 aliphatic rings. The van der Waals surface area contributed by atoms with Crippen molar-refractivity contribution in [1.29, 1.82) is 0 Å². The van der Waals surface area contributed by atoms with E-state index in [0.717, 1.165) is 23.8 Å². The van der Waals surface area contributed by atoms with Crippen LogP contribution in [0.2, 0.25) is 5.02 Å². The molecule has 1 aromatic heterocycles. The normalized spacial score (nSPS) is 15.3. The van der Waals surface area contributed by atoms with Gasteiger partial charge in [0, 0.05) is 18.8 Å². The molecule has 1 aliphatic carbocycles. The van der Waals surface area contributed by atoms with Crippen LogP contribution in [0.5, 0.6) is 0 Å². The third kappa shape index (κ3) is 2.61. The van der Waals surface area contributed by atoms with Crippen LogP contribution < -0.4 is 10.6 Å². The smallest absolute Gasteiger partial charge is 0.147 e. The molecule has 0 bridgehead atoms. The van der Waals surface area contributed by atoms with E-state index in [-0.39, 0.29) is 0 Å². The molecule has 2 rings (SSSR count). The Morgan fingerprint density at radius 2 is 2.33 bits per heavy atom. The molecule has 3 nitrogen and oxygen atoms in total. The van der Waals surface area contributed by atoms with E-state index in [0.29, 0.717) is 12.6 Å². The lowest BCUT2D eigenvalue weighted by Crippen LogP contribution is -2.29. The quantitative estimate of drug-likeness (QED) is 0.834. The highest BCUT2D eigenvalue weighted by Crippen LogP contribution is 2.33. The van der Waals surface area contributed by atoms with Crippen LogP contribution in [0, 0.1) is 0 Å². The van der Waals surface area contributed by atoms with E-state index in [1.165, 1.54) is 12.8 Å². The third-order valence-corrected chi connectivity index (χ3v) is 2.90. The van der Waals surface area contributed by atoms with Gasteiger partial charge in [0.2, 0.25) is 0 Å². The van der Waals surface area contributed by atoms with Gasteiger partial charge in [0.15, 0.2) is 0 Å². The van der Waals surface area contributed by atoms with Crippen LogP contribution in [0.3, 0.4) is 0 Å². The maximum Gasteiger partial charge on any atom is 0.147 e. The molecule has 82 valence electrons. The Bertz CT molecular complexity index is 325. The number of halogens is 1. The summed E-state index contributed by atoms with van der Waals surface area (Å²) in [4.78, 5) is 6.63. The van der Waals surface area contributed by atoms with Gasteiger partial charge < -0.3 is 10.6 Å². The summed E-state index contributed by atoms with van der Waals surface area (Å²) in [7, 11) is 0. The number of hydrogen-bond acceptors (Lipinski definition) is 3. The predicted octanol–water partition coefficient (Wildman–Crippen LogP) is 2.05. The van der Waals surface area contributed by atoms with Gasteiger partial charge in [0.05, 0.1) is 5.02 Å². The minimum absolute atomic E-state index is 0.629. The maximum atomic E-state index is 6.13. The second kappa shape index (κ2) is 4.81. The zero-order valence-electron chi connectivity index (χ0n) is 8.69. The number of rotatable bonds is 5. The highest BCUT2D eigenvalue weighted by molar-refractivity contribution is 6.32. The number of nitrogens with zero attached hydrogens (tertiary/aromatic N) is 2. The van der Waals surface area contributed by atoms with Crippen molar-refractivity contribution >= 4 is 17.4 Å². The maximum absolute atomic E-state index is 6.13. The Kier molecular flexibility index (Phi) is 3.44. The SMILES string of the molecule is NCCCN(c1ncccc1Cl)C1CC1. The summed E-state index contributed by atoms with van der Waals surface area (Å²) in [5.74, 6) is 0.912.